The Hall–Kier alpha value is -1.70. The molecule has 0 saturated carbocycles. The minimum atomic E-state index is -4.50. The molecule has 0 bridgehead atoms. The molecule has 0 saturated heterocycles. The summed E-state index contributed by atoms with van der Waals surface area (Å²) in [7, 11) is 0. The van der Waals surface area contributed by atoms with Gasteiger partial charge in [0.15, 0.2) is 0 Å². The molecular weight excluding hydrogens is 265 g/mol. The Morgan fingerprint density at radius 3 is 2.40 bits per heavy atom. The van der Waals surface area contributed by atoms with Crippen LogP contribution in [0.15, 0.2) is 18.2 Å². The minimum absolute atomic E-state index is 0.333. The largest absolute Gasteiger partial charge is 0.417 e. The number of alkyl halides is 3. The number of anilines is 1. The van der Waals surface area contributed by atoms with Crippen LogP contribution >= 0.6 is 0 Å². The van der Waals surface area contributed by atoms with Gasteiger partial charge >= 0.3 is 6.18 Å². The second kappa shape index (κ2) is 6.65. The van der Waals surface area contributed by atoms with E-state index in [9.17, 15) is 13.2 Å². The molecule has 0 aliphatic carbocycles. The fourth-order valence-electron chi connectivity index (χ4n) is 1.98. The standard InChI is InChI=1S/C15H19F3N2/c1-4-11(3)10-20(5-2)13-7-6-12(9-19)14(8-13)15(16,17)18/h6-8,11H,4-5,10H2,1-3H3. The molecule has 20 heavy (non-hydrogen) atoms. The van der Waals surface area contributed by atoms with E-state index in [2.05, 4.69) is 13.8 Å². The summed E-state index contributed by atoms with van der Waals surface area (Å²) in [5, 5.41) is 8.79. The van der Waals surface area contributed by atoms with Gasteiger partial charge in [-0.2, -0.15) is 18.4 Å². The van der Waals surface area contributed by atoms with E-state index in [0.29, 0.717) is 24.7 Å². The van der Waals surface area contributed by atoms with Crippen LogP contribution < -0.4 is 4.90 Å². The highest BCUT2D eigenvalue weighted by Gasteiger charge is 2.34. The van der Waals surface area contributed by atoms with E-state index >= 15 is 0 Å². The van der Waals surface area contributed by atoms with E-state index in [1.807, 2.05) is 11.8 Å². The van der Waals surface area contributed by atoms with Crippen molar-refractivity contribution < 1.29 is 13.2 Å². The van der Waals surface area contributed by atoms with E-state index in [-0.39, 0.29) is 5.56 Å². The Labute approximate surface area is 117 Å². The lowest BCUT2D eigenvalue weighted by Crippen LogP contribution is -2.28. The summed E-state index contributed by atoms with van der Waals surface area (Å²) in [4.78, 5) is 1.91. The van der Waals surface area contributed by atoms with Gasteiger partial charge in [-0.1, -0.05) is 20.3 Å². The van der Waals surface area contributed by atoms with Gasteiger partial charge in [-0.05, 0) is 31.0 Å². The first kappa shape index (κ1) is 16.4. The number of nitriles is 1. The quantitative estimate of drug-likeness (QED) is 0.798. The summed E-state index contributed by atoms with van der Waals surface area (Å²) < 4.78 is 38.8. The van der Waals surface area contributed by atoms with Crippen LogP contribution in [0.4, 0.5) is 18.9 Å². The topological polar surface area (TPSA) is 27.0 Å². The fraction of sp³-hybridized carbons (Fsp3) is 0.533. The van der Waals surface area contributed by atoms with Gasteiger partial charge in [0.05, 0.1) is 17.2 Å². The van der Waals surface area contributed by atoms with E-state index < -0.39 is 11.7 Å². The Morgan fingerprint density at radius 1 is 1.30 bits per heavy atom. The lowest BCUT2D eigenvalue weighted by Gasteiger charge is -2.27. The summed E-state index contributed by atoms with van der Waals surface area (Å²) in [6, 6.07) is 5.50. The van der Waals surface area contributed by atoms with Crippen LogP contribution in [0.5, 0.6) is 0 Å². The molecule has 2 nitrogen and oxygen atoms in total. The maximum Gasteiger partial charge on any atom is 0.417 e. The van der Waals surface area contributed by atoms with Crippen molar-refractivity contribution in [2.45, 2.75) is 33.4 Å². The van der Waals surface area contributed by atoms with Crippen molar-refractivity contribution in [2.75, 3.05) is 18.0 Å². The molecule has 0 aliphatic rings. The number of benzene rings is 1. The van der Waals surface area contributed by atoms with E-state index in [0.717, 1.165) is 12.5 Å². The summed E-state index contributed by atoms with van der Waals surface area (Å²) >= 11 is 0. The van der Waals surface area contributed by atoms with Crippen molar-refractivity contribution in [3.63, 3.8) is 0 Å². The van der Waals surface area contributed by atoms with Crippen LogP contribution in [0.1, 0.15) is 38.3 Å². The molecule has 0 amide bonds. The van der Waals surface area contributed by atoms with Crippen LogP contribution in [0.3, 0.4) is 0 Å². The molecule has 0 radical (unpaired) electrons. The molecule has 1 unspecified atom stereocenters. The third kappa shape index (κ3) is 3.89. The summed E-state index contributed by atoms with van der Waals surface area (Å²) in [5.41, 5.74) is -0.680. The molecular formula is C15H19F3N2. The zero-order valence-electron chi connectivity index (χ0n) is 12.0. The SMILES string of the molecule is CCC(C)CN(CC)c1ccc(C#N)c(C(F)(F)F)c1. The first-order chi connectivity index (χ1) is 9.33. The molecule has 110 valence electrons. The summed E-state index contributed by atoms with van der Waals surface area (Å²) in [6.07, 6.45) is -3.53. The van der Waals surface area contributed by atoms with Gasteiger partial charge in [-0.3, -0.25) is 0 Å². The average molecular weight is 284 g/mol. The van der Waals surface area contributed by atoms with Crippen LogP contribution in [-0.4, -0.2) is 13.1 Å². The molecule has 5 heteroatoms. The Bertz CT molecular complexity index is 489. The van der Waals surface area contributed by atoms with E-state index in [4.69, 9.17) is 5.26 Å². The number of halogens is 3. The molecule has 1 aromatic carbocycles. The molecule has 0 fully saturated rings. The van der Waals surface area contributed by atoms with Gasteiger partial charge in [0.25, 0.3) is 0 Å². The third-order valence-electron chi connectivity index (χ3n) is 3.40. The Balaban J connectivity index is 3.16. The van der Waals surface area contributed by atoms with Crippen molar-refractivity contribution in [1.29, 1.82) is 5.26 Å². The molecule has 0 aromatic heterocycles. The third-order valence-corrected chi connectivity index (χ3v) is 3.40. The normalized spacial score (nSPS) is 12.8. The first-order valence-corrected chi connectivity index (χ1v) is 6.69. The highest BCUT2D eigenvalue weighted by molar-refractivity contribution is 5.54. The molecule has 1 atom stereocenters. The van der Waals surface area contributed by atoms with Crippen LogP contribution in [0.2, 0.25) is 0 Å². The van der Waals surface area contributed by atoms with Crippen molar-refractivity contribution >= 4 is 5.69 Å². The lowest BCUT2D eigenvalue weighted by atomic mass is 10.0. The molecule has 0 heterocycles. The van der Waals surface area contributed by atoms with E-state index in [1.54, 1.807) is 12.1 Å². The van der Waals surface area contributed by atoms with Crippen LogP contribution in [-0.2, 0) is 6.18 Å². The minimum Gasteiger partial charge on any atom is -0.372 e. The van der Waals surface area contributed by atoms with Gasteiger partial charge in [0.2, 0.25) is 0 Å². The van der Waals surface area contributed by atoms with Crippen molar-refractivity contribution in [1.82, 2.24) is 0 Å². The molecule has 0 N–H and O–H groups in total. The predicted molar refractivity (Wildman–Crippen MR) is 73.5 cm³/mol. The number of rotatable bonds is 5. The number of hydrogen-bond donors (Lipinski definition) is 0. The van der Waals surface area contributed by atoms with Gasteiger partial charge in [0.1, 0.15) is 0 Å². The zero-order valence-corrected chi connectivity index (χ0v) is 12.0. The van der Waals surface area contributed by atoms with Crippen molar-refractivity contribution in [3.8, 4) is 6.07 Å². The summed E-state index contributed by atoms with van der Waals surface area (Å²) in [5.74, 6) is 0.403. The molecule has 1 rings (SSSR count). The maximum absolute atomic E-state index is 12.9. The lowest BCUT2D eigenvalue weighted by molar-refractivity contribution is -0.137. The van der Waals surface area contributed by atoms with E-state index in [1.165, 1.54) is 6.07 Å². The average Bonchev–Trinajstić information content (AvgIpc) is 2.42. The monoisotopic (exact) mass is 284 g/mol. The van der Waals surface area contributed by atoms with Crippen molar-refractivity contribution in [3.05, 3.63) is 29.3 Å². The van der Waals surface area contributed by atoms with Gasteiger partial charge in [-0.25, -0.2) is 0 Å². The first-order valence-electron chi connectivity index (χ1n) is 6.69. The van der Waals surface area contributed by atoms with Gasteiger partial charge in [0, 0.05) is 18.8 Å². The smallest absolute Gasteiger partial charge is 0.372 e. The highest BCUT2D eigenvalue weighted by atomic mass is 19.4. The molecule has 1 aromatic rings. The maximum atomic E-state index is 12.9. The fourth-order valence-corrected chi connectivity index (χ4v) is 1.98. The Kier molecular flexibility index (Phi) is 5.43. The van der Waals surface area contributed by atoms with Crippen molar-refractivity contribution in [2.24, 2.45) is 5.92 Å². The zero-order chi connectivity index (χ0) is 15.3. The number of nitrogens with zero attached hydrogens (tertiary/aromatic N) is 2. The number of hydrogen-bond acceptors (Lipinski definition) is 2. The molecule has 0 aliphatic heterocycles. The van der Waals surface area contributed by atoms with Crippen LogP contribution in [0, 0.1) is 17.2 Å². The van der Waals surface area contributed by atoms with Gasteiger partial charge < -0.3 is 4.90 Å². The second-order valence-electron chi connectivity index (χ2n) is 4.89. The Morgan fingerprint density at radius 2 is 1.95 bits per heavy atom. The van der Waals surface area contributed by atoms with Gasteiger partial charge in [-0.15, -0.1) is 0 Å². The van der Waals surface area contributed by atoms with Crippen LogP contribution in [0.25, 0.3) is 0 Å². The second-order valence-corrected chi connectivity index (χ2v) is 4.89. The highest BCUT2D eigenvalue weighted by Crippen LogP contribution is 2.34. The molecule has 0 spiro atoms. The predicted octanol–water partition coefficient (Wildman–Crippen LogP) is 4.45. The summed E-state index contributed by atoms with van der Waals surface area (Å²) in [6.45, 7) is 7.37.